The van der Waals surface area contributed by atoms with Gasteiger partial charge in [-0.05, 0) is 0 Å². The van der Waals surface area contributed by atoms with E-state index in [-0.39, 0.29) is 4.75 Å². The Morgan fingerprint density at radius 2 is 1.29 bits per heavy atom. The summed E-state index contributed by atoms with van der Waals surface area (Å²) >= 11 is 0. The molecule has 3 heteroatoms. The van der Waals surface area contributed by atoms with Gasteiger partial charge in [0, 0.05) is 0 Å². The predicted molar refractivity (Wildman–Crippen MR) is 64.4 cm³/mol. The van der Waals surface area contributed by atoms with E-state index in [0.717, 1.165) is 0 Å². The molecule has 0 aliphatic carbocycles. The topological polar surface area (TPSA) is 17.1 Å². The average molecular weight is 290 g/mol. The molecule has 10 fully saturated rings. The first-order valence-corrected chi connectivity index (χ1v) is 14.8. The third kappa shape index (κ3) is 0.0704. The van der Waals surface area contributed by atoms with Crippen molar-refractivity contribution < 1.29 is 10.7 Å². The van der Waals surface area contributed by atoms with Gasteiger partial charge in [0.2, 0.25) is 0 Å². The van der Waals surface area contributed by atoms with Crippen molar-refractivity contribution in [3.05, 3.63) is 0 Å². The van der Waals surface area contributed by atoms with Crippen molar-refractivity contribution in [2.24, 2.45) is 0 Å². The SMILES string of the molecule is CC(C)(C)S(=O)[C]12[CH]3[CH]4[CH]5[CH]1[Fe]45321678[CH]2[CH]1[CH]6[CH]7[CH]28. The fraction of sp³-hybridized carbons (Fsp3) is 1.00. The zero-order chi connectivity index (χ0) is 11.1. The molecule has 10 aliphatic rings. The number of fused-ring (bicyclic) bond motifs is 10. The van der Waals surface area contributed by atoms with E-state index in [1.165, 1.54) is 43.3 Å². The molecule has 5 unspecified atom stereocenters. The Balaban J connectivity index is 1.62. The summed E-state index contributed by atoms with van der Waals surface area (Å²) in [5.41, 5.74) is 0. The van der Waals surface area contributed by atoms with E-state index in [2.05, 4.69) is 20.8 Å². The first kappa shape index (κ1) is 6.90. The van der Waals surface area contributed by atoms with Crippen LogP contribution in [-0.4, -0.2) is 12.6 Å². The van der Waals surface area contributed by atoms with E-state index in [9.17, 15) is 4.21 Å². The Morgan fingerprint density at radius 1 is 0.882 bits per heavy atom. The Bertz CT molecular complexity index is 935. The van der Waals surface area contributed by atoms with Crippen LogP contribution in [0.5, 0.6) is 0 Å². The van der Waals surface area contributed by atoms with Crippen molar-refractivity contribution in [3.63, 3.8) is 0 Å². The van der Waals surface area contributed by atoms with Crippen LogP contribution in [0, 0.1) is 0 Å². The number of hydrogen-bond acceptors (Lipinski definition) is 1. The summed E-state index contributed by atoms with van der Waals surface area (Å²) in [5.74, 6) is 0. The molecule has 10 heterocycles. The summed E-state index contributed by atoms with van der Waals surface area (Å²) in [4.78, 5) is 11.7. The van der Waals surface area contributed by atoms with Gasteiger partial charge in [-0.25, -0.2) is 0 Å². The standard InChI is InChI=1S/C9H13OS.C5H5.Fe/c1-9(2,3)11(10)8-6-4-5-7-8;1-2-4-5-3-1;/h4-7H,1-3H3;1-5H;. The van der Waals surface area contributed by atoms with Crippen LogP contribution in [0.1, 0.15) is 20.8 Å². The Morgan fingerprint density at radius 3 is 1.47 bits per heavy atom. The molecule has 10 aliphatic heterocycles. The Kier molecular flexibility index (Phi) is 0.216. The minimum atomic E-state index is -3.05. The van der Waals surface area contributed by atoms with E-state index in [1.807, 2.05) is 0 Å². The maximum absolute atomic E-state index is 13.4. The predicted octanol–water partition coefficient (Wildman–Crippen LogP) is 3.83. The van der Waals surface area contributed by atoms with Crippen LogP contribution >= 0.6 is 0 Å². The zero-order valence-electron chi connectivity index (χ0n) is 10.4. The molecule has 94 valence electrons. The molecule has 1 nitrogen and oxygen atoms in total. The van der Waals surface area contributed by atoms with Gasteiger partial charge in [0.15, 0.2) is 0 Å². The van der Waals surface area contributed by atoms with Gasteiger partial charge in [0.05, 0.1) is 0 Å². The van der Waals surface area contributed by atoms with Gasteiger partial charge in [-0.15, -0.1) is 0 Å². The first-order valence-electron chi connectivity index (χ1n) is 7.33. The van der Waals surface area contributed by atoms with E-state index >= 15 is 0 Å². The molecule has 0 bridgehead atoms. The molecule has 10 rings (SSSR count). The van der Waals surface area contributed by atoms with E-state index in [1.54, 1.807) is 0 Å². The molecule has 0 saturated carbocycles. The maximum atomic E-state index is 13.4. The number of hydrogen-bond donors (Lipinski definition) is 0. The fourth-order valence-corrected chi connectivity index (χ4v) is 103. The van der Waals surface area contributed by atoms with Crippen molar-refractivity contribution in [1.29, 1.82) is 0 Å². The third-order valence-electron chi connectivity index (χ3n) is 15.4. The van der Waals surface area contributed by atoms with Crippen LogP contribution in [0.2, 0.25) is 43.3 Å². The van der Waals surface area contributed by atoms with Gasteiger partial charge in [-0.2, -0.15) is 0 Å². The normalized spacial score (nSPS) is 122. The summed E-state index contributed by atoms with van der Waals surface area (Å²) in [5, 5.41) is 0. The Hall–Kier alpha value is 0.669. The molecule has 0 aromatic rings. The van der Waals surface area contributed by atoms with Crippen molar-refractivity contribution in [1.82, 2.24) is 0 Å². The second kappa shape index (κ2) is 0.533. The van der Waals surface area contributed by atoms with E-state index < -0.39 is 17.3 Å². The quantitative estimate of drug-likeness (QED) is 0.671. The van der Waals surface area contributed by atoms with Crippen molar-refractivity contribution in [3.8, 4) is 0 Å². The molecule has 5 atom stereocenters. The summed E-state index contributed by atoms with van der Waals surface area (Å²) in [7, 11) is -0.466. The van der Waals surface area contributed by atoms with Crippen LogP contribution in [0.3, 0.4) is 0 Å². The third-order valence-corrected chi connectivity index (χ3v) is 63.4. The van der Waals surface area contributed by atoms with Crippen molar-refractivity contribution in [2.45, 2.75) is 72.5 Å². The molecule has 10 saturated heterocycles. The average Bonchev–Trinajstić information content (AvgIpc) is 3.20. The molecule has 17 heavy (non-hydrogen) atoms. The summed E-state index contributed by atoms with van der Waals surface area (Å²) in [6.45, 7) is 3.73. The molecular weight excluding hydrogens is 272 g/mol. The molecule has 0 aromatic carbocycles. The summed E-state index contributed by atoms with van der Waals surface area (Å²) in [6.07, 6.45) is 0. The van der Waals surface area contributed by atoms with Crippen LogP contribution < -0.4 is 0 Å². The molecule has 0 amide bonds. The first-order chi connectivity index (χ1) is 7.70. The fourth-order valence-electron chi connectivity index (χ4n) is 16.9. The summed E-state index contributed by atoms with van der Waals surface area (Å²) in [6, 6.07) is 0. The van der Waals surface area contributed by atoms with Crippen LogP contribution in [0.15, 0.2) is 0 Å². The van der Waals surface area contributed by atoms with Crippen molar-refractivity contribution in [2.75, 3.05) is 0 Å². The van der Waals surface area contributed by atoms with Crippen LogP contribution in [0.4, 0.5) is 0 Å². The minimum absolute atomic E-state index is 0.0812. The molecule has 1 spiro atoms. The van der Waals surface area contributed by atoms with Crippen molar-refractivity contribution >= 4 is 10.8 Å². The second-order valence-electron chi connectivity index (χ2n) is 12.0. The summed E-state index contributed by atoms with van der Waals surface area (Å²) < 4.78 is 14.1. The molecule has 0 aromatic heterocycles. The molecule has 0 N–H and O–H groups in total. The van der Waals surface area contributed by atoms with Gasteiger partial charge < -0.3 is 0 Å². The van der Waals surface area contributed by atoms with Gasteiger partial charge in [0.1, 0.15) is 0 Å². The van der Waals surface area contributed by atoms with E-state index in [4.69, 9.17) is 0 Å². The van der Waals surface area contributed by atoms with Gasteiger partial charge in [0.25, 0.3) is 0 Å². The van der Waals surface area contributed by atoms with Gasteiger partial charge >= 0.3 is 94.0 Å². The van der Waals surface area contributed by atoms with Crippen LogP contribution in [0.25, 0.3) is 0 Å². The molecular formula is C14H18FeOS. The zero-order valence-corrected chi connectivity index (χ0v) is 12.3. The van der Waals surface area contributed by atoms with E-state index in [0.29, 0.717) is 3.65 Å². The Labute approximate surface area is 93.8 Å². The van der Waals surface area contributed by atoms with Gasteiger partial charge in [-0.3, -0.25) is 0 Å². The second-order valence-corrected chi connectivity index (χ2v) is 38.3. The monoisotopic (exact) mass is 290 g/mol. The van der Waals surface area contributed by atoms with Gasteiger partial charge in [-0.1, -0.05) is 0 Å². The van der Waals surface area contributed by atoms with Crippen LogP contribution in [-0.2, 0) is 17.3 Å². The molecule has 0 radical (unpaired) electrons. The number of rotatable bonds is 1.